The van der Waals surface area contributed by atoms with Crippen molar-refractivity contribution in [3.63, 3.8) is 0 Å². The number of nitro groups is 1. The number of aliphatic hydroxyl groups excluding tert-OH is 1. The highest BCUT2D eigenvalue weighted by atomic mass is 16.6. The van der Waals surface area contributed by atoms with E-state index in [0.717, 1.165) is 43.4 Å². The van der Waals surface area contributed by atoms with Gasteiger partial charge in [-0.25, -0.2) is 0 Å². The van der Waals surface area contributed by atoms with Gasteiger partial charge in [-0.1, -0.05) is 12.1 Å². The lowest BCUT2D eigenvalue weighted by atomic mass is 9.98. The molecule has 0 aliphatic carbocycles. The molecule has 2 saturated heterocycles. The van der Waals surface area contributed by atoms with Gasteiger partial charge >= 0.3 is 0 Å². The van der Waals surface area contributed by atoms with E-state index in [9.17, 15) is 15.2 Å². The van der Waals surface area contributed by atoms with E-state index in [-0.39, 0.29) is 16.7 Å². The van der Waals surface area contributed by atoms with Crippen molar-refractivity contribution in [2.45, 2.75) is 57.3 Å². The van der Waals surface area contributed by atoms with Crippen LogP contribution in [0, 0.1) is 17.0 Å². The minimum absolute atomic E-state index is 0.171. The molecule has 0 aromatic heterocycles. The molecule has 2 unspecified atom stereocenters. The fourth-order valence-electron chi connectivity index (χ4n) is 3.74. The summed E-state index contributed by atoms with van der Waals surface area (Å²) >= 11 is 0. The van der Waals surface area contributed by atoms with Gasteiger partial charge in [0.25, 0.3) is 5.69 Å². The van der Waals surface area contributed by atoms with Crippen molar-refractivity contribution in [3.8, 4) is 0 Å². The summed E-state index contributed by atoms with van der Waals surface area (Å²) in [6.07, 6.45) is 3.77. The fourth-order valence-corrected chi connectivity index (χ4v) is 3.74. The van der Waals surface area contributed by atoms with Gasteiger partial charge in [0, 0.05) is 30.3 Å². The predicted octanol–water partition coefficient (Wildman–Crippen LogP) is 2.39. The van der Waals surface area contributed by atoms with Gasteiger partial charge in [0.05, 0.1) is 11.0 Å². The molecule has 2 aliphatic heterocycles. The lowest BCUT2D eigenvalue weighted by Gasteiger charge is -2.37. The standard InChI is InChI=1S/C15H20N2O3/c1-10-11(3-2-4-15(10)17(19)20)9-16-12-5-6-13(16)8-14(18)7-12/h2-4,12-14,18H,5-9H2,1H3. The molecule has 20 heavy (non-hydrogen) atoms. The largest absolute Gasteiger partial charge is 0.393 e. The predicted molar refractivity (Wildman–Crippen MR) is 75.4 cm³/mol. The van der Waals surface area contributed by atoms with E-state index in [1.807, 2.05) is 13.0 Å². The van der Waals surface area contributed by atoms with E-state index in [1.165, 1.54) is 0 Å². The van der Waals surface area contributed by atoms with Gasteiger partial charge in [-0.05, 0) is 38.2 Å². The Morgan fingerprint density at radius 3 is 2.60 bits per heavy atom. The molecule has 2 fully saturated rings. The van der Waals surface area contributed by atoms with Crippen molar-refractivity contribution < 1.29 is 10.0 Å². The smallest absolute Gasteiger partial charge is 0.272 e. The second-order valence-electron chi connectivity index (χ2n) is 6.00. The Morgan fingerprint density at radius 1 is 1.35 bits per heavy atom. The van der Waals surface area contributed by atoms with Crippen LogP contribution in [0.1, 0.15) is 36.8 Å². The number of nitro benzene ring substituents is 1. The third-order valence-electron chi connectivity index (χ3n) is 4.83. The molecule has 5 heteroatoms. The van der Waals surface area contributed by atoms with Crippen LogP contribution in [0.3, 0.4) is 0 Å². The molecule has 0 saturated carbocycles. The normalized spacial score (nSPS) is 29.6. The molecule has 2 heterocycles. The lowest BCUT2D eigenvalue weighted by Crippen LogP contribution is -2.44. The number of hydrogen-bond donors (Lipinski definition) is 1. The van der Waals surface area contributed by atoms with Crippen LogP contribution in [0.15, 0.2) is 18.2 Å². The number of rotatable bonds is 3. The molecule has 1 aromatic carbocycles. The summed E-state index contributed by atoms with van der Waals surface area (Å²) in [5.41, 5.74) is 2.00. The fraction of sp³-hybridized carbons (Fsp3) is 0.600. The zero-order valence-electron chi connectivity index (χ0n) is 11.7. The second kappa shape index (κ2) is 5.14. The molecular formula is C15H20N2O3. The summed E-state index contributed by atoms with van der Waals surface area (Å²) in [6, 6.07) is 6.17. The Labute approximate surface area is 118 Å². The first-order valence-electron chi connectivity index (χ1n) is 7.23. The van der Waals surface area contributed by atoms with Crippen LogP contribution < -0.4 is 0 Å². The molecule has 3 rings (SSSR count). The highest BCUT2D eigenvalue weighted by molar-refractivity contribution is 5.44. The number of benzene rings is 1. The van der Waals surface area contributed by atoms with Gasteiger partial charge in [-0.3, -0.25) is 15.0 Å². The highest BCUT2D eigenvalue weighted by Crippen LogP contribution is 2.37. The molecule has 108 valence electrons. The molecule has 1 aromatic rings. The summed E-state index contributed by atoms with van der Waals surface area (Å²) in [5.74, 6) is 0. The third kappa shape index (κ3) is 2.31. The van der Waals surface area contributed by atoms with Crippen LogP contribution in [0.4, 0.5) is 5.69 Å². The van der Waals surface area contributed by atoms with Crippen molar-refractivity contribution in [1.29, 1.82) is 0 Å². The van der Waals surface area contributed by atoms with Gasteiger partial charge in [-0.15, -0.1) is 0 Å². The maximum Gasteiger partial charge on any atom is 0.272 e. The van der Waals surface area contributed by atoms with E-state index in [2.05, 4.69) is 4.90 Å². The van der Waals surface area contributed by atoms with E-state index in [0.29, 0.717) is 12.1 Å². The highest BCUT2D eigenvalue weighted by Gasteiger charge is 2.40. The summed E-state index contributed by atoms with van der Waals surface area (Å²) < 4.78 is 0. The maximum absolute atomic E-state index is 11.0. The topological polar surface area (TPSA) is 66.6 Å². The first-order chi connectivity index (χ1) is 9.56. The van der Waals surface area contributed by atoms with E-state index >= 15 is 0 Å². The summed E-state index contributed by atoms with van der Waals surface area (Å²) in [5, 5.41) is 20.8. The van der Waals surface area contributed by atoms with Crippen molar-refractivity contribution in [2.75, 3.05) is 0 Å². The van der Waals surface area contributed by atoms with Gasteiger partial charge in [0.15, 0.2) is 0 Å². The minimum atomic E-state index is -0.312. The Morgan fingerprint density at radius 2 is 2.00 bits per heavy atom. The monoisotopic (exact) mass is 276 g/mol. The van der Waals surface area contributed by atoms with Crippen LogP contribution in [0.2, 0.25) is 0 Å². The zero-order valence-corrected chi connectivity index (χ0v) is 11.7. The van der Waals surface area contributed by atoms with Gasteiger partial charge in [0.2, 0.25) is 0 Å². The molecule has 2 bridgehead atoms. The average Bonchev–Trinajstić information content (AvgIpc) is 2.64. The SMILES string of the molecule is Cc1c(CN2C3CCC2CC(O)C3)cccc1[N+](=O)[O-]. The van der Waals surface area contributed by atoms with Gasteiger partial charge in [-0.2, -0.15) is 0 Å². The summed E-state index contributed by atoms with van der Waals surface area (Å²) in [7, 11) is 0. The van der Waals surface area contributed by atoms with Crippen molar-refractivity contribution >= 4 is 5.69 Å². The van der Waals surface area contributed by atoms with Crippen LogP contribution in [0.25, 0.3) is 0 Å². The number of piperidine rings is 1. The number of fused-ring (bicyclic) bond motifs is 2. The molecule has 2 atom stereocenters. The van der Waals surface area contributed by atoms with Crippen LogP contribution in [-0.4, -0.2) is 33.1 Å². The quantitative estimate of drug-likeness (QED) is 0.680. The lowest BCUT2D eigenvalue weighted by molar-refractivity contribution is -0.385. The summed E-state index contributed by atoms with van der Waals surface area (Å²) in [6.45, 7) is 2.59. The third-order valence-corrected chi connectivity index (χ3v) is 4.83. The van der Waals surface area contributed by atoms with Gasteiger partial charge < -0.3 is 5.11 Å². The molecule has 1 N–H and O–H groups in total. The van der Waals surface area contributed by atoms with Crippen LogP contribution in [0.5, 0.6) is 0 Å². The van der Waals surface area contributed by atoms with Crippen LogP contribution >= 0.6 is 0 Å². The number of aliphatic hydroxyl groups is 1. The molecular weight excluding hydrogens is 256 g/mol. The zero-order chi connectivity index (χ0) is 14.3. The van der Waals surface area contributed by atoms with E-state index in [4.69, 9.17) is 0 Å². The second-order valence-corrected chi connectivity index (χ2v) is 6.00. The number of hydrogen-bond acceptors (Lipinski definition) is 4. The van der Waals surface area contributed by atoms with E-state index < -0.39 is 0 Å². The van der Waals surface area contributed by atoms with Crippen molar-refractivity contribution in [2.24, 2.45) is 0 Å². The maximum atomic E-state index is 11.0. The molecule has 0 radical (unpaired) electrons. The van der Waals surface area contributed by atoms with Crippen LogP contribution in [-0.2, 0) is 6.54 Å². The molecule has 0 amide bonds. The molecule has 2 aliphatic rings. The Balaban J connectivity index is 1.82. The average molecular weight is 276 g/mol. The minimum Gasteiger partial charge on any atom is -0.393 e. The Kier molecular flexibility index (Phi) is 3.48. The van der Waals surface area contributed by atoms with Crippen molar-refractivity contribution in [1.82, 2.24) is 4.90 Å². The van der Waals surface area contributed by atoms with Gasteiger partial charge in [0.1, 0.15) is 0 Å². The molecule has 0 spiro atoms. The number of nitrogens with zero attached hydrogens (tertiary/aromatic N) is 2. The van der Waals surface area contributed by atoms with Crippen molar-refractivity contribution in [3.05, 3.63) is 39.4 Å². The first kappa shape index (κ1) is 13.5. The first-order valence-corrected chi connectivity index (χ1v) is 7.23. The Hall–Kier alpha value is -1.46. The summed E-state index contributed by atoms with van der Waals surface area (Å²) in [4.78, 5) is 13.1. The Bertz CT molecular complexity index is 518. The van der Waals surface area contributed by atoms with E-state index in [1.54, 1.807) is 12.1 Å². The molecule has 5 nitrogen and oxygen atoms in total.